The van der Waals surface area contributed by atoms with Crippen LogP contribution in [0.25, 0.3) is 10.4 Å². The first-order valence-corrected chi connectivity index (χ1v) is 15.1. The lowest BCUT2D eigenvalue weighted by molar-refractivity contribution is -0.129. The van der Waals surface area contributed by atoms with Crippen molar-refractivity contribution >= 4 is 11.8 Å². The normalized spacial score (nSPS) is 17.3. The number of benzene rings is 3. The van der Waals surface area contributed by atoms with Gasteiger partial charge in [0.2, 0.25) is 5.90 Å². The predicted molar refractivity (Wildman–Crippen MR) is 171 cm³/mol. The molecule has 0 bridgehead atoms. The van der Waals surface area contributed by atoms with E-state index in [1.165, 1.54) is 0 Å². The molecular weight excluding hydrogens is 574 g/mol. The van der Waals surface area contributed by atoms with E-state index in [1.807, 2.05) is 86.6 Å². The minimum absolute atomic E-state index is 0.0509. The summed E-state index contributed by atoms with van der Waals surface area (Å²) in [5, 5.41) is 15.9. The number of methoxy groups -OCH3 is 1. The van der Waals surface area contributed by atoms with Gasteiger partial charge in [-0.05, 0) is 78.9 Å². The second-order valence-corrected chi connectivity index (χ2v) is 10.9. The van der Waals surface area contributed by atoms with Gasteiger partial charge in [-0.25, -0.2) is 4.99 Å². The van der Waals surface area contributed by atoms with Crippen LogP contribution < -0.4 is 14.8 Å². The van der Waals surface area contributed by atoms with Crippen LogP contribution in [0.1, 0.15) is 55.0 Å². The molecule has 0 aliphatic carbocycles. The molecule has 238 valence electrons. The molecule has 0 saturated carbocycles. The zero-order valence-corrected chi connectivity index (χ0v) is 26.0. The zero-order chi connectivity index (χ0) is 32.1. The summed E-state index contributed by atoms with van der Waals surface area (Å²) in [5.41, 5.74) is 10.6. The van der Waals surface area contributed by atoms with Gasteiger partial charge in [0.25, 0.3) is 5.91 Å². The first-order chi connectivity index (χ1) is 21.9. The Balaban J connectivity index is 1.78. The smallest absolute Gasteiger partial charge is 0.252 e. The van der Waals surface area contributed by atoms with Crippen LogP contribution in [0.4, 0.5) is 0 Å². The van der Waals surface area contributed by atoms with E-state index < -0.39 is 11.6 Å². The molecule has 11 nitrogen and oxygen atoms in total. The summed E-state index contributed by atoms with van der Waals surface area (Å²) in [4.78, 5) is 22.4. The summed E-state index contributed by atoms with van der Waals surface area (Å²) >= 11 is 0. The maximum absolute atomic E-state index is 14.4. The van der Waals surface area contributed by atoms with Gasteiger partial charge in [0.1, 0.15) is 11.5 Å². The molecule has 1 aliphatic heterocycles. The summed E-state index contributed by atoms with van der Waals surface area (Å²) in [6.45, 7) is 5.43. The second kappa shape index (κ2) is 16.5. The van der Waals surface area contributed by atoms with Crippen LogP contribution in [-0.2, 0) is 27.2 Å². The van der Waals surface area contributed by atoms with Crippen LogP contribution in [0.2, 0.25) is 0 Å². The molecule has 11 heteroatoms. The Bertz CT molecular complexity index is 1490. The van der Waals surface area contributed by atoms with Gasteiger partial charge in [-0.2, -0.15) is 0 Å². The van der Waals surface area contributed by atoms with E-state index in [0.717, 1.165) is 16.7 Å². The van der Waals surface area contributed by atoms with Gasteiger partial charge in [-0.15, -0.1) is 0 Å². The van der Waals surface area contributed by atoms with E-state index >= 15 is 0 Å². The Morgan fingerprint density at radius 1 is 1.07 bits per heavy atom. The second-order valence-electron chi connectivity index (χ2n) is 10.9. The molecule has 1 amide bonds. The predicted octanol–water partition coefficient (Wildman–Crippen LogP) is 5.70. The number of rotatable bonds is 17. The number of nitrogens with one attached hydrogen (secondary N) is 1. The Hall–Kier alpha value is -4.57. The van der Waals surface area contributed by atoms with Crippen LogP contribution in [-0.4, -0.2) is 62.0 Å². The minimum Gasteiger partial charge on any atom is -0.497 e. The number of hydrogen-bond acceptors (Lipinski definition) is 8. The number of aliphatic hydroxyl groups excluding tert-OH is 1. The third kappa shape index (κ3) is 8.76. The fourth-order valence-corrected chi connectivity index (χ4v) is 5.12. The molecule has 0 saturated heterocycles. The minimum atomic E-state index is -1.41. The van der Waals surface area contributed by atoms with E-state index in [0.29, 0.717) is 55.6 Å². The van der Waals surface area contributed by atoms with Crippen molar-refractivity contribution in [3.8, 4) is 11.5 Å². The molecule has 4 rings (SSSR count). The van der Waals surface area contributed by atoms with Crippen molar-refractivity contribution in [1.82, 2.24) is 5.32 Å². The number of nitrogens with zero attached hydrogens (tertiary/aromatic N) is 4. The van der Waals surface area contributed by atoms with Crippen LogP contribution in [0.15, 0.2) is 82.9 Å². The van der Waals surface area contributed by atoms with Gasteiger partial charge in [-0.1, -0.05) is 41.5 Å². The van der Waals surface area contributed by atoms with Crippen LogP contribution in [0, 0.1) is 0 Å². The third-order valence-corrected chi connectivity index (χ3v) is 7.37. The Morgan fingerprint density at radius 3 is 2.56 bits per heavy atom. The van der Waals surface area contributed by atoms with Crippen molar-refractivity contribution in [2.45, 2.75) is 57.4 Å². The summed E-state index contributed by atoms with van der Waals surface area (Å²) in [6, 6.07) is 22.3. The highest BCUT2D eigenvalue weighted by Gasteiger charge is 2.53. The molecule has 2 N–H and O–H groups in total. The van der Waals surface area contributed by atoms with Crippen molar-refractivity contribution in [3.05, 3.63) is 105 Å². The number of carbonyl (C=O) groups is 1. The topological polar surface area (TPSA) is 147 Å². The van der Waals surface area contributed by atoms with Crippen molar-refractivity contribution in [2.75, 3.05) is 33.5 Å². The average molecular weight is 616 g/mol. The largest absolute Gasteiger partial charge is 0.497 e. The Kier molecular flexibility index (Phi) is 12.2. The number of amides is 1. The molecule has 0 fully saturated rings. The van der Waals surface area contributed by atoms with Crippen molar-refractivity contribution in [1.29, 1.82) is 0 Å². The number of azide groups is 1. The summed E-state index contributed by atoms with van der Waals surface area (Å²) < 4.78 is 23.5. The molecule has 1 aliphatic rings. The zero-order valence-electron chi connectivity index (χ0n) is 26.0. The van der Waals surface area contributed by atoms with E-state index in [2.05, 4.69) is 15.3 Å². The lowest BCUT2D eigenvalue weighted by atomic mass is 9.80. The SMILES string of the molecule is COc1cccc([C@H]2OC(c3ccc(OCCCO)cc3)=N[C@@]2(Cc2ccccc2CN=[N+]=[N-])C(=O)NCCCOC(C)C)c1. The van der Waals surface area contributed by atoms with Gasteiger partial charge in [0, 0.05) is 43.1 Å². The molecule has 0 spiro atoms. The highest BCUT2D eigenvalue weighted by Crippen LogP contribution is 2.43. The average Bonchev–Trinajstić information content (AvgIpc) is 3.45. The van der Waals surface area contributed by atoms with E-state index in [1.54, 1.807) is 7.11 Å². The lowest BCUT2D eigenvalue weighted by Crippen LogP contribution is -2.50. The Labute approximate surface area is 263 Å². The van der Waals surface area contributed by atoms with Gasteiger partial charge >= 0.3 is 0 Å². The molecular formula is C34H41N5O6. The van der Waals surface area contributed by atoms with Crippen molar-refractivity contribution < 1.29 is 28.8 Å². The monoisotopic (exact) mass is 615 g/mol. The molecule has 45 heavy (non-hydrogen) atoms. The van der Waals surface area contributed by atoms with Crippen molar-refractivity contribution in [2.24, 2.45) is 10.1 Å². The van der Waals surface area contributed by atoms with Gasteiger partial charge in [-0.3, -0.25) is 4.79 Å². The van der Waals surface area contributed by atoms with E-state index in [-0.39, 0.29) is 31.6 Å². The van der Waals surface area contributed by atoms with Gasteiger partial charge in [0.15, 0.2) is 11.6 Å². The molecule has 1 heterocycles. The lowest BCUT2D eigenvalue weighted by Gasteiger charge is -2.31. The first kappa shape index (κ1) is 33.3. The van der Waals surface area contributed by atoms with Crippen molar-refractivity contribution in [3.63, 3.8) is 0 Å². The number of carbonyl (C=O) groups excluding carboxylic acids is 1. The van der Waals surface area contributed by atoms with Gasteiger partial charge < -0.3 is 29.4 Å². The van der Waals surface area contributed by atoms with Crippen LogP contribution in [0.5, 0.6) is 11.5 Å². The fourth-order valence-electron chi connectivity index (χ4n) is 5.12. The van der Waals surface area contributed by atoms with Gasteiger partial charge in [0.05, 0.1) is 26.4 Å². The molecule has 3 aromatic carbocycles. The Morgan fingerprint density at radius 2 is 1.84 bits per heavy atom. The fraction of sp³-hybridized carbons (Fsp3) is 0.412. The van der Waals surface area contributed by atoms with Crippen LogP contribution >= 0.6 is 0 Å². The highest BCUT2D eigenvalue weighted by atomic mass is 16.5. The summed E-state index contributed by atoms with van der Waals surface area (Å²) in [6.07, 6.45) is 0.641. The quantitative estimate of drug-likeness (QED) is 0.0862. The van der Waals surface area contributed by atoms with E-state index in [4.69, 9.17) is 34.6 Å². The summed E-state index contributed by atoms with van der Waals surface area (Å²) in [7, 11) is 1.59. The molecule has 0 unspecified atom stereocenters. The summed E-state index contributed by atoms with van der Waals surface area (Å²) in [5.74, 6) is 1.29. The third-order valence-electron chi connectivity index (χ3n) is 7.37. The maximum atomic E-state index is 14.4. The number of ether oxygens (including phenoxy) is 4. The standard InChI is InChI=1S/C34H41N5O6/c1-24(2)43-19-7-17-36-33(41)34(22-27-9-4-5-10-28(27)23-37-39-35)31(26-11-6-12-30(21-26)42-3)45-32(38-34)25-13-15-29(16-14-25)44-20-8-18-40/h4-6,9-16,21,24,31,40H,7-8,17-20,22-23H2,1-3H3,(H,36,41)/t31-,34-/m1/s1. The first-order valence-electron chi connectivity index (χ1n) is 15.1. The highest BCUT2D eigenvalue weighted by molar-refractivity contribution is 6.01. The number of aliphatic imine (C=N–C) groups is 1. The molecule has 0 aromatic heterocycles. The number of aliphatic hydroxyl groups is 1. The molecule has 2 atom stereocenters. The molecule has 0 radical (unpaired) electrons. The maximum Gasteiger partial charge on any atom is 0.252 e. The number of hydrogen-bond donors (Lipinski definition) is 2. The van der Waals surface area contributed by atoms with Crippen LogP contribution in [0.3, 0.4) is 0 Å². The molecule has 3 aromatic rings. The van der Waals surface area contributed by atoms with E-state index in [9.17, 15) is 4.79 Å².